The number of benzene rings is 1. The highest BCUT2D eigenvalue weighted by Crippen LogP contribution is 2.13. The second kappa shape index (κ2) is 6.81. The van der Waals surface area contributed by atoms with Crippen LogP contribution in [0.15, 0.2) is 67.3 Å². The highest BCUT2D eigenvalue weighted by Gasteiger charge is 2.03. The monoisotopic (exact) mass is 278 g/mol. The van der Waals surface area contributed by atoms with Crippen LogP contribution in [0, 0.1) is 0 Å². The molecule has 1 aromatic carbocycles. The highest BCUT2D eigenvalue weighted by molar-refractivity contribution is 5.40. The SMILES string of the molecule is c1ccc(-n2cccn2)c(CNCCc2ccncc2)c1. The molecule has 3 aromatic rings. The fourth-order valence-electron chi connectivity index (χ4n) is 2.30. The topological polar surface area (TPSA) is 42.7 Å². The third-order valence-electron chi connectivity index (χ3n) is 3.40. The summed E-state index contributed by atoms with van der Waals surface area (Å²) < 4.78 is 1.90. The molecule has 0 aliphatic carbocycles. The Morgan fingerprint density at radius 3 is 2.62 bits per heavy atom. The summed E-state index contributed by atoms with van der Waals surface area (Å²) in [6.45, 7) is 1.78. The lowest BCUT2D eigenvalue weighted by Gasteiger charge is -2.10. The van der Waals surface area contributed by atoms with Gasteiger partial charge in [-0.05, 0) is 48.4 Å². The zero-order valence-corrected chi connectivity index (χ0v) is 11.8. The molecule has 106 valence electrons. The van der Waals surface area contributed by atoms with Crippen LogP contribution < -0.4 is 5.32 Å². The molecule has 1 N–H and O–H groups in total. The van der Waals surface area contributed by atoms with E-state index in [-0.39, 0.29) is 0 Å². The van der Waals surface area contributed by atoms with E-state index in [9.17, 15) is 0 Å². The first kappa shape index (κ1) is 13.5. The standard InChI is InChI=1S/C17H18N4/c1-2-5-17(21-13-3-9-20-21)16(4-1)14-19-12-8-15-6-10-18-11-7-15/h1-7,9-11,13,19H,8,12,14H2. The summed E-state index contributed by atoms with van der Waals surface area (Å²) in [5.74, 6) is 0. The van der Waals surface area contributed by atoms with E-state index in [4.69, 9.17) is 0 Å². The molecular formula is C17H18N4. The highest BCUT2D eigenvalue weighted by atomic mass is 15.3. The summed E-state index contributed by atoms with van der Waals surface area (Å²) in [5.41, 5.74) is 3.67. The van der Waals surface area contributed by atoms with Crippen molar-refractivity contribution in [3.05, 3.63) is 78.4 Å². The minimum absolute atomic E-state index is 0.834. The molecular weight excluding hydrogens is 260 g/mol. The number of nitrogens with one attached hydrogen (secondary N) is 1. The first-order chi connectivity index (χ1) is 10.4. The lowest BCUT2D eigenvalue weighted by atomic mass is 10.1. The van der Waals surface area contributed by atoms with Crippen molar-refractivity contribution >= 4 is 0 Å². The summed E-state index contributed by atoms with van der Waals surface area (Å²) in [6, 6.07) is 14.4. The number of aromatic nitrogens is 3. The molecule has 4 heteroatoms. The largest absolute Gasteiger partial charge is 0.312 e. The van der Waals surface area contributed by atoms with Crippen LogP contribution in [-0.4, -0.2) is 21.3 Å². The van der Waals surface area contributed by atoms with Crippen LogP contribution in [0.5, 0.6) is 0 Å². The molecule has 0 atom stereocenters. The molecule has 0 saturated carbocycles. The molecule has 3 rings (SSSR count). The minimum Gasteiger partial charge on any atom is -0.312 e. The summed E-state index contributed by atoms with van der Waals surface area (Å²) in [7, 11) is 0. The van der Waals surface area contributed by atoms with Gasteiger partial charge in [-0.15, -0.1) is 0 Å². The van der Waals surface area contributed by atoms with Gasteiger partial charge >= 0.3 is 0 Å². The van der Waals surface area contributed by atoms with Crippen molar-refractivity contribution in [2.24, 2.45) is 0 Å². The van der Waals surface area contributed by atoms with Gasteiger partial charge in [-0.3, -0.25) is 4.98 Å². The lowest BCUT2D eigenvalue weighted by Crippen LogP contribution is -2.18. The van der Waals surface area contributed by atoms with Gasteiger partial charge in [0.1, 0.15) is 0 Å². The average Bonchev–Trinajstić information content (AvgIpc) is 3.07. The van der Waals surface area contributed by atoms with Crippen LogP contribution in [0.1, 0.15) is 11.1 Å². The second-order valence-corrected chi connectivity index (χ2v) is 4.86. The van der Waals surface area contributed by atoms with Gasteiger partial charge < -0.3 is 5.32 Å². The number of rotatable bonds is 6. The minimum atomic E-state index is 0.834. The molecule has 2 aromatic heterocycles. The Labute approximate surface area is 124 Å². The lowest BCUT2D eigenvalue weighted by molar-refractivity contribution is 0.680. The van der Waals surface area contributed by atoms with E-state index in [2.05, 4.69) is 45.7 Å². The Morgan fingerprint density at radius 1 is 0.952 bits per heavy atom. The van der Waals surface area contributed by atoms with Crippen molar-refractivity contribution in [1.82, 2.24) is 20.1 Å². The van der Waals surface area contributed by atoms with Crippen LogP contribution in [0.25, 0.3) is 5.69 Å². The third kappa shape index (κ3) is 3.55. The van der Waals surface area contributed by atoms with E-state index in [0.717, 1.165) is 25.2 Å². The fraction of sp³-hybridized carbons (Fsp3) is 0.176. The van der Waals surface area contributed by atoms with Crippen LogP contribution in [0.3, 0.4) is 0 Å². The Hall–Kier alpha value is -2.46. The van der Waals surface area contributed by atoms with E-state index in [1.807, 2.05) is 35.4 Å². The van der Waals surface area contributed by atoms with Crippen molar-refractivity contribution < 1.29 is 0 Å². The Kier molecular flexibility index (Phi) is 4.39. The van der Waals surface area contributed by atoms with E-state index in [1.54, 1.807) is 6.20 Å². The van der Waals surface area contributed by atoms with Gasteiger partial charge in [0.05, 0.1) is 5.69 Å². The van der Waals surface area contributed by atoms with Gasteiger partial charge in [0, 0.05) is 31.3 Å². The number of pyridine rings is 1. The predicted molar refractivity (Wildman–Crippen MR) is 83.2 cm³/mol. The molecule has 2 heterocycles. The van der Waals surface area contributed by atoms with Crippen molar-refractivity contribution in [2.45, 2.75) is 13.0 Å². The molecule has 0 bridgehead atoms. The Balaban J connectivity index is 1.59. The number of hydrogen-bond acceptors (Lipinski definition) is 3. The fourth-order valence-corrected chi connectivity index (χ4v) is 2.30. The van der Waals surface area contributed by atoms with Crippen molar-refractivity contribution in [3.8, 4) is 5.69 Å². The van der Waals surface area contributed by atoms with Gasteiger partial charge in [-0.1, -0.05) is 18.2 Å². The molecule has 0 radical (unpaired) electrons. The molecule has 0 aliphatic heterocycles. The molecule has 0 saturated heterocycles. The average molecular weight is 278 g/mol. The van der Waals surface area contributed by atoms with Crippen molar-refractivity contribution in [1.29, 1.82) is 0 Å². The van der Waals surface area contributed by atoms with Crippen LogP contribution in [0.2, 0.25) is 0 Å². The van der Waals surface area contributed by atoms with E-state index >= 15 is 0 Å². The molecule has 0 unspecified atom stereocenters. The molecule has 0 amide bonds. The van der Waals surface area contributed by atoms with E-state index in [1.165, 1.54) is 11.1 Å². The first-order valence-corrected chi connectivity index (χ1v) is 7.11. The number of para-hydroxylation sites is 1. The van der Waals surface area contributed by atoms with Crippen molar-refractivity contribution in [2.75, 3.05) is 6.54 Å². The third-order valence-corrected chi connectivity index (χ3v) is 3.40. The van der Waals surface area contributed by atoms with Crippen molar-refractivity contribution in [3.63, 3.8) is 0 Å². The molecule has 4 nitrogen and oxygen atoms in total. The van der Waals surface area contributed by atoms with Gasteiger partial charge in [0.25, 0.3) is 0 Å². The summed E-state index contributed by atoms with van der Waals surface area (Å²) in [5, 5.41) is 7.80. The van der Waals surface area contributed by atoms with Gasteiger partial charge in [0.15, 0.2) is 0 Å². The summed E-state index contributed by atoms with van der Waals surface area (Å²) in [4.78, 5) is 4.03. The van der Waals surface area contributed by atoms with E-state index in [0.29, 0.717) is 0 Å². The van der Waals surface area contributed by atoms with Crippen LogP contribution in [0.4, 0.5) is 0 Å². The number of hydrogen-bond donors (Lipinski definition) is 1. The zero-order chi connectivity index (χ0) is 14.3. The molecule has 0 fully saturated rings. The van der Waals surface area contributed by atoms with Crippen LogP contribution in [-0.2, 0) is 13.0 Å². The Bertz CT molecular complexity index is 662. The second-order valence-electron chi connectivity index (χ2n) is 4.86. The van der Waals surface area contributed by atoms with Gasteiger partial charge in [0.2, 0.25) is 0 Å². The Morgan fingerprint density at radius 2 is 1.81 bits per heavy atom. The maximum absolute atomic E-state index is 4.30. The maximum atomic E-state index is 4.30. The van der Waals surface area contributed by atoms with Gasteiger partial charge in [-0.2, -0.15) is 5.10 Å². The molecule has 21 heavy (non-hydrogen) atoms. The quantitative estimate of drug-likeness (QED) is 0.705. The summed E-state index contributed by atoms with van der Waals surface area (Å²) >= 11 is 0. The number of nitrogens with zero attached hydrogens (tertiary/aromatic N) is 3. The summed E-state index contributed by atoms with van der Waals surface area (Å²) in [6.07, 6.45) is 8.45. The van der Waals surface area contributed by atoms with Gasteiger partial charge in [-0.25, -0.2) is 4.68 Å². The van der Waals surface area contributed by atoms with E-state index < -0.39 is 0 Å². The normalized spacial score (nSPS) is 10.7. The zero-order valence-electron chi connectivity index (χ0n) is 11.8. The van der Waals surface area contributed by atoms with Crippen LogP contribution >= 0.6 is 0 Å². The predicted octanol–water partition coefficient (Wildman–Crippen LogP) is 2.60. The maximum Gasteiger partial charge on any atom is 0.0690 e. The first-order valence-electron chi connectivity index (χ1n) is 7.11. The molecule has 0 spiro atoms. The molecule has 0 aliphatic rings. The smallest absolute Gasteiger partial charge is 0.0690 e.